The summed E-state index contributed by atoms with van der Waals surface area (Å²) in [6.45, 7) is 6.43. The van der Waals surface area contributed by atoms with Crippen molar-refractivity contribution in [2.75, 3.05) is 12.4 Å². The molecule has 4 heteroatoms. The minimum Gasteiger partial charge on any atom is -0.373 e. The van der Waals surface area contributed by atoms with Crippen molar-refractivity contribution in [3.8, 4) is 11.4 Å². The van der Waals surface area contributed by atoms with E-state index in [0.29, 0.717) is 0 Å². The smallest absolute Gasteiger partial charge is 0.161 e. The Kier molecular flexibility index (Phi) is 3.28. The van der Waals surface area contributed by atoms with Gasteiger partial charge in [-0.25, -0.2) is 9.97 Å². The Morgan fingerprint density at radius 1 is 1.06 bits per heavy atom. The molecule has 0 aliphatic carbocycles. The van der Waals surface area contributed by atoms with E-state index in [4.69, 9.17) is 0 Å². The number of nitrogens with zero attached hydrogens (tertiary/aromatic N) is 3. The van der Waals surface area contributed by atoms with E-state index in [-0.39, 0.29) is 5.41 Å². The number of pyridine rings is 1. The molecule has 2 rings (SSSR count). The molecule has 2 aromatic heterocycles. The summed E-state index contributed by atoms with van der Waals surface area (Å²) in [5.74, 6) is 1.57. The first kappa shape index (κ1) is 12.5. The summed E-state index contributed by atoms with van der Waals surface area (Å²) in [4.78, 5) is 13.1. The Balaban J connectivity index is 2.55. The fourth-order valence-corrected chi connectivity index (χ4v) is 1.59. The van der Waals surface area contributed by atoms with Gasteiger partial charge in [-0.2, -0.15) is 0 Å². The molecule has 4 nitrogen and oxygen atoms in total. The van der Waals surface area contributed by atoms with Crippen LogP contribution in [0.5, 0.6) is 0 Å². The van der Waals surface area contributed by atoms with Gasteiger partial charge in [0.15, 0.2) is 5.82 Å². The molecule has 0 aromatic carbocycles. The highest BCUT2D eigenvalue weighted by Crippen LogP contribution is 2.25. The zero-order chi connectivity index (χ0) is 13.2. The molecule has 18 heavy (non-hydrogen) atoms. The molecular weight excluding hydrogens is 224 g/mol. The summed E-state index contributed by atoms with van der Waals surface area (Å²) in [5.41, 5.74) is 2.00. The first-order valence-corrected chi connectivity index (χ1v) is 5.98. The van der Waals surface area contributed by atoms with Crippen molar-refractivity contribution in [3.05, 3.63) is 36.3 Å². The van der Waals surface area contributed by atoms with E-state index in [1.807, 2.05) is 25.2 Å². The van der Waals surface area contributed by atoms with Crippen LogP contribution in [-0.2, 0) is 5.41 Å². The topological polar surface area (TPSA) is 50.7 Å². The molecule has 0 aliphatic heterocycles. The molecule has 2 heterocycles. The summed E-state index contributed by atoms with van der Waals surface area (Å²) < 4.78 is 0. The molecule has 0 aliphatic rings. The highest BCUT2D eigenvalue weighted by Gasteiger charge is 2.18. The molecule has 1 N–H and O–H groups in total. The van der Waals surface area contributed by atoms with E-state index in [2.05, 4.69) is 41.0 Å². The van der Waals surface area contributed by atoms with Gasteiger partial charge in [-0.05, 0) is 12.1 Å². The molecule has 0 bridgehead atoms. The summed E-state index contributed by atoms with van der Waals surface area (Å²) in [5, 5.41) is 3.08. The molecule has 0 saturated heterocycles. The van der Waals surface area contributed by atoms with Crippen LogP contribution in [0.15, 0.2) is 30.6 Å². The van der Waals surface area contributed by atoms with Gasteiger partial charge in [0.25, 0.3) is 0 Å². The van der Waals surface area contributed by atoms with Crippen LogP contribution in [0, 0.1) is 0 Å². The lowest BCUT2D eigenvalue weighted by atomic mass is 9.92. The van der Waals surface area contributed by atoms with Gasteiger partial charge < -0.3 is 5.32 Å². The van der Waals surface area contributed by atoms with Crippen molar-refractivity contribution >= 4 is 5.82 Å². The zero-order valence-electron chi connectivity index (χ0n) is 11.2. The maximum atomic E-state index is 4.64. The lowest BCUT2D eigenvalue weighted by molar-refractivity contribution is 0.568. The normalized spacial score (nSPS) is 11.3. The van der Waals surface area contributed by atoms with Crippen LogP contribution < -0.4 is 5.32 Å². The third kappa shape index (κ3) is 2.64. The molecule has 0 unspecified atom stereocenters. The standard InChI is InChI=1S/C14H18N4/c1-14(2,3)11-9-12(15-4)18-13(17-11)10-5-7-16-8-6-10/h5-9H,1-4H3,(H,15,17,18). The van der Waals surface area contributed by atoms with Gasteiger partial charge in [0.05, 0.1) is 5.69 Å². The predicted octanol–water partition coefficient (Wildman–Crippen LogP) is 2.88. The molecule has 0 spiro atoms. The SMILES string of the molecule is CNc1cc(C(C)(C)C)nc(-c2ccncc2)n1. The third-order valence-electron chi connectivity index (χ3n) is 2.69. The quantitative estimate of drug-likeness (QED) is 0.879. The van der Waals surface area contributed by atoms with E-state index in [1.54, 1.807) is 12.4 Å². The first-order valence-electron chi connectivity index (χ1n) is 5.98. The van der Waals surface area contributed by atoms with Crippen molar-refractivity contribution in [1.82, 2.24) is 15.0 Å². The number of anilines is 1. The van der Waals surface area contributed by atoms with Gasteiger partial charge in [-0.3, -0.25) is 4.98 Å². The minimum absolute atomic E-state index is 0.00365. The van der Waals surface area contributed by atoms with E-state index >= 15 is 0 Å². The second kappa shape index (κ2) is 4.72. The molecular formula is C14H18N4. The van der Waals surface area contributed by atoms with Crippen molar-refractivity contribution in [1.29, 1.82) is 0 Å². The number of aromatic nitrogens is 3. The van der Waals surface area contributed by atoms with Gasteiger partial charge in [-0.1, -0.05) is 20.8 Å². The molecule has 0 fully saturated rings. The van der Waals surface area contributed by atoms with Crippen LogP contribution in [0.1, 0.15) is 26.5 Å². The first-order chi connectivity index (χ1) is 8.50. The third-order valence-corrected chi connectivity index (χ3v) is 2.69. The Labute approximate surface area is 108 Å². The largest absolute Gasteiger partial charge is 0.373 e. The summed E-state index contributed by atoms with van der Waals surface area (Å²) >= 11 is 0. The maximum Gasteiger partial charge on any atom is 0.161 e. The lowest BCUT2D eigenvalue weighted by Gasteiger charge is -2.19. The number of hydrogen-bond donors (Lipinski definition) is 1. The monoisotopic (exact) mass is 242 g/mol. The zero-order valence-corrected chi connectivity index (χ0v) is 11.2. The second-order valence-electron chi connectivity index (χ2n) is 5.20. The van der Waals surface area contributed by atoms with E-state index < -0.39 is 0 Å². The fraction of sp³-hybridized carbons (Fsp3) is 0.357. The number of rotatable bonds is 2. The van der Waals surface area contributed by atoms with Crippen LogP contribution >= 0.6 is 0 Å². The van der Waals surface area contributed by atoms with Gasteiger partial charge >= 0.3 is 0 Å². The van der Waals surface area contributed by atoms with Crippen LogP contribution in [0.4, 0.5) is 5.82 Å². The molecule has 0 atom stereocenters. The van der Waals surface area contributed by atoms with Crippen molar-refractivity contribution in [2.45, 2.75) is 26.2 Å². The molecule has 0 amide bonds. The Morgan fingerprint density at radius 3 is 2.28 bits per heavy atom. The fourth-order valence-electron chi connectivity index (χ4n) is 1.59. The molecule has 2 aromatic rings. The van der Waals surface area contributed by atoms with Crippen molar-refractivity contribution < 1.29 is 0 Å². The predicted molar refractivity (Wildman–Crippen MR) is 73.5 cm³/mol. The molecule has 94 valence electrons. The van der Waals surface area contributed by atoms with E-state index in [9.17, 15) is 0 Å². The van der Waals surface area contributed by atoms with Crippen LogP contribution in [0.25, 0.3) is 11.4 Å². The summed E-state index contributed by atoms with van der Waals surface area (Å²) in [6, 6.07) is 5.83. The van der Waals surface area contributed by atoms with Crippen molar-refractivity contribution in [2.24, 2.45) is 0 Å². The summed E-state index contributed by atoms with van der Waals surface area (Å²) in [7, 11) is 1.87. The van der Waals surface area contributed by atoms with Crippen LogP contribution in [-0.4, -0.2) is 22.0 Å². The second-order valence-corrected chi connectivity index (χ2v) is 5.20. The van der Waals surface area contributed by atoms with Gasteiger partial charge in [0.2, 0.25) is 0 Å². The summed E-state index contributed by atoms with van der Waals surface area (Å²) in [6.07, 6.45) is 3.50. The highest BCUT2D eigenvalue weighted by atomic mass is 15.0. The maximum absolute atomic E-state index is 4.64. The number of nitrogens with one attached hydrogen (secondary N) is 1. The minimum atomic E-state index is -0.00365. The Morgan fingerprint density at radius 2 is 1.72 bits per heavy atom. The van der Waals surface area contributed by atoms with Gasteiger partial charge in [0, 0.05) is 36.5 Å². The Bertz CT molecular complexity index is 529. The van der Waals surface area contributed by atoms with Crippen molar-refractivity contribution in [3.63, 3.8) is 0 Å². The van der Waals surface area contributed by atoms with Gasteiger partial charge in [-0.15, -0.1) is 0 Å². The van der Waals surface area contributed by atoms with Crippen LogP contribution in [0.2, 0.25) is 0 Å². The highest BCUT2D eigenvalue weighted by molar-refractivity contribution is 5.57. The van der Waals surface area contributed by atoms with E-state index in [1.165, 1.54) is 0 Å². The molecule has 0 radical (unpaired) electrons. The lowest BCUT2D eigenvalue weighted by Crippen LogP contribution is -2.15. The van der Waals surface area contributed by atoms with Crippen LogP contribution in [0.3, 0.4) is 0 Å². The number of hydrogen-bond acceptors (Lipinski definition) is 4. The average molecular weight is 242 g/mol. The average Bonchev–Trinajstić information content (AvgIpc) is 2.38. The Hall–Kier alpha value is -1.97. The van der Waals surface area contributed by atoms with Gasteiger partial charge in [0.1, 0.15) is 5.82 Å². The molecule has 0 saturated carbocycles. The van der Waals surface area contributed by atoms with E-state index in [0.717, 1.165) is 22.9 Å².